The maximum Gasteiger partial charge on any atom is 0.170 e. The Morgan fingerprint density at radius 1 is 1.09 bits per heavy atom. The molecule has 1 N–H and O–H groups in total. The van der Waals surface area contributed by atoms with E-state index in [1.165, 1.54) is 22.5 Å². The van der Waals surface area contributed by atoms with Crippen LogP contribution in [0.1, 0.15) is 40.3 Å². The lowest BCUT2D eigenvalue weighted by atomic mass is 9.96. The predicted molar refractivity (Wildman–Crippen MR) is 137 cm³/mol. The molecule has 3 aromatic heterocycles. The molecule has 0 aliphatic carbocycles. The van der Waals surface area contributed by atoms with Gasteiger partial charge in [0.1, 0.15) is 0 Å². The zero-order valence-corrected chi connectivity index (χ0v) is 20.7. The van der Waals surface area contributed by atoms with E-state index in [1.807, 2.05) is 36.8 Å². The number of rotatable bonds is 7. The Morgan fingerprint density at radius 2 is 1.94 bits per heavy atom. The molecule has 0 saturated carbocycles. The summed E-state index contributed by atoms with van der Waals surface area (Å²) in [7, 11) is 0. The molecule has 2 saturated heterocycles. The molecule has 0 aromatic carbocycles. The number of hydrogen-bond acceptors (Lipinski definition) is 5. The van der Waals surface area contributed by atoms with Crippen LogP contribution in [0.5, 0.6) is 0 Å². The molecular weight excluding hydrogens is 444 g/mol. The van der Waals surface area contributed by atoms with Crippen LogP contribution in [-0.2, 0) is 11.3 Å². The largest absolute Gasteiger partial charge is 0.379 e. The SMILES string of the molecule is Cc1cc([C@H]2[C@@H](c3ccccn3)NC(=S)N2CCN2CCOCC2)c(C)n1Cc1cccnc1. The van der Waals surface area contributed by atoms with Gasteiger partial charge >= 0.3 is 0 Å². The highest BCUT2D eigenvalue weighted by Crippen LogP contribution is 2.40. The molecule has 0 radical (unpaired) electrons. The third kappa shape index (κ3) is 4.71. The molecule has 0 unspecified atom stereocenters. The topological polar surface area (TPSA) is 58.5 Å². The summed E-state index contributed by atoms with van der Waals surface area (Å²) in [6, 6.07) is 12.6. The molecule has 3 aromatic rings. The van der Waals surface area contributed by atoms with E-state index in [1.54, 1.807) is 0 Å². The van der Waals surface area contributed by atoms with E-state index >= 15 is 0 Å². The van der Waals surface area contributed by atoms with Crippen LogP contribution in [0.25, 0.3) is 0 Å². The van der Waals surface area contributed by atoms with E-state index in [4.69, 9.17) is 21.9 Å². The molecule has 2 atom stereocenters. The Kier molecular flexibility index (Phi) is 6.89. The molecule has 2 aliphatic heterocycles. The van der Waals surface area contributed by atoms with Crippen molar-refractivity contribution in [1.29, 1.82) is 0 Å². The maximum absolute atomic E-state index is 5.88. The van der Waals surface area contributed by atoms with Crippen LogP contribution in [-0.4, -0.2) is 68.8 Å². The van der Waals surface area contributed by atoms with E-state index in [0.717, 1.165) is 56.7 Å². The van der Waals surface area contributed by atoms with Gasteiger partial charge in [0.05, 0.1) is 31.0 Å². The summed E-state index contributed by atoms with van der Waals surface area (Å²) in [6.45, 7) is 10.6. The predicted octanol–water partition coefficient (Wildman–Crippen LogP) is 3.25. The first-order chi connectivity index (χ1) is 16.6. The number of aromatic nitrogens is 3. The second-order valence-corrected chi connectivity index (χ2v) is 9.43. The number of aryl methyl sites for hydroxylation is 1. The summed E-state index contributed by atoms with van der Waals surface area (Å²) in [5.74, 6) is 0. The standard InChI is InChI=1S/C26H32N6OS/c1-19-16-22(20(2)32(19)18-21-6-5-8-27-17-21)25-24(23-7-3-4-9-28-23)29-26(34)31(25)11-10-30-12-14-33-15-13-30/h3-9,16-17,24-25H,10-15,18H2,1-2H3,(H,29,34)/t24-,25+/m1/s1. The smallest absolute Gasteiger partial charge is 0.170 e. The second kappa shape index (κ2) is 10.2. The van der Waals surface area contributed by atoms with Crippen molar-refractivity contribution in [3.05, 3.63) is 83.2 Å². The molecule has 0 spiro atoms. The number of pyridine rings is 2. The van der Waals surface area contributed by atoms with Crippen molar-refractivity contribution in [2.24, 2.45) is 0 Å². The number of ether oxygens (including phenoxy) is 1. The Morgan fingerprint density at radius 3 is 2.68 bits per heavy atom. The van der Waals surface area contributed by atoms with Crippen LogP contribution in [0.3, 0.4) is 0 Å². The van der Waals surface area contributed by atoms with Crippen LogP contribution in [0.4, 0.5) is 0 Å². The molecule has 0 amide bonds. The Balaban J connectivity index is 1.47. The third-order valence-corrected chi connectivity index (χ3v) is 7.31. The lowest BCUT2D eigenvalue weighted by Gasteiger charge is -2.32. The van der Waals surface area contributed by atoms with Gasteiger partial charge in [-0.15, -0.1) is 0 Å². The molecule has 8 heteroatoms. The highest BCUT2D eigenvalue weighted by molar-refractivity contribution is 7.80. The van der Waals surface area contributed by atoms with Crippen LogP contribution in [0, 0.1) is 13.8 Å². The molecule has 2 aliphatic rings. The van der Waals surface area contributed by atoms with E-state index < -0.39 is 0 Å². The summed E-state index contributed by atoms with van der Waals surface area (Å²) in [5, 5.41) is 4.39. The van der Waals surface area contributed by atoms with Crippen LogP contribution < -0.4 is 5.32 Å². The van der Waals surface area contributed by atoms with Gasteiger partial charge in [0.15, 0.2) is 5.11 Å². The zero-order valence-electron chi connectivity index (χ0n) is 19.9. The summed E-state index contributed by atoms with van der Waals surface area (Å²) < 4.78 is 7.91. The molecule has 5 rings (SSSR count). The third-order valence-electron chi connectivity index (χ3n) is 6.95. The van der Waals surface area contributed by atoms with Crippen molar-refractivity contribution >= 4 is 17.3 Å². The van der Waals surface area contributed by atoms with Gasteiger partial charge in [0.25, 0.3) is 0 Å². The van der Waals surface area contributed by atoms with Gasteiger partial charge in [0.2, 0.25) is 0 Å². The van der Waals surface area contributed by atoms with Gasteiger partial charge in [-0.1, -0.05) is 12.1 Å². The van der Waals surface area contributed by atoms with Gasteiger partial charge in [-0.3, -0.25) is 14.9 Å². The maximum atomic E-state index is 5.88. The fourth-order valence-electron chi connectivity index (χ4n) is 5.10. The van der Waals surface area contributed by atoms with Gasteiger partial charge in [-0.2, -0.15) is 0 Å². The highest BCUT2D eigenvalue weighted by Gasteiger charge is 2.41. The summed E-state index contributed by atoms with van der Waals surface area (Å²) in [4.78, 5) is 13.8. The second-order valence-electron chi connectivity index (χ2n) is 9.05. The van der Waals surface area contributed by atoms with Gasteiger partial charge in [0, 0.05) is 62.7 Å². The monoisotopic (exact) mass is 476 g/mol. The molecular formula is C26H32N6OS. The minimum absolute atomic E-state index is 0.00531. The first-order valence-electron chi connectivity index (χ1n) is 12.0. The number of nitrogens with one attached hydrogen (secondary N) is 1. The average molecular weight is 477 g/mol. The van der Waals surface area contributed by atoms with Crippen molar-refractivity contribution in [2.75, 3.05) is 39.4 Å². The summed E-state index contributed by atoms with van der Waals surface area (Å²) >= 11 is 5.88. The molecule has 0 bridgehead atoms. The van der Waals surface area contributed by atoms with Crippen molar-refractivity contribution in [3.8, 4) is 0 Å². The summed E-state index contributed by atoms with van der Waals surface area (Å²) in [6.07, 6.45) is 5.62. The quantitative estimate of drug-likeness (QED) is 0.526. The van der Waals surface area contributed by atoms with Crippen molar-refractivity contribution in [1.82, 2.24) is 29.7 Å². The molecule has 7 nitrogen and oxygen atoms in total. The Labute approximate surface area is 206 Å². The lowest BCUT2D eigenvalue weighted by Crippen LogP contribution is -2.42. The summed E-state index contributed by atoms with van der Waals surface area (Å²) in [5.41, 5.74) is 6.01. The van der Waals surface area contributed by atoms with Crippen LogP contribution in [0.2, 0.25) is 0 Å². The molecule has 178 valence electrons. The molecule has 5 heterocycles. The number of thiocarbonyl (C=S) groups is 1. The van der Waals surface area contributed by atoms with E-state index in [0.29, 0.717) is 0 Å². The van der Waals surface area contributed by atoms with Gasteiger partial charge in [-0.05, 0) is 61.5 Å². The number of morpholine rings is 1. The first kappa shape index (κ1) is 23.0. The van der Waals surface area contributed by atoms with Crippen molar-refractivity contribution < 1.29 is 4.74 Å². The van der Waals surface area contributed by atoms with Gasteiger partial charge < -0.3 is 19.5 Å². The van der Waals surface area contributed by atoms with E-state index in [9.17, 15) is 0 Å². The first-order valence-corrected chi connectivity index (χ1v) is 12.4. The minimum Gasteiger partial charge on any atom is -0.379 e. The van der Waals surface area contributed by atoms with Crippen molar-refractivity contribution in [2.45, 2.75) is 32.5 Å². The van der Waals surface area contributed by atoms with Crippen LogP contribution in [0.15, 0.2) is 55.0 Å². The van der Waals surface area contributed by atoms with Gasteiger partial charge in [-0.25, -0.2) is 0 Å². The molecule has 2 fully saturated rings. The van der Waals surface area contributed by atoms with Crippen LogP contribution >= 0.6 is 12.2 Å². The Bertz CT molecular complexity index is 1110. The average Bonchev–Trinajstić information content (AvgIpc) is 3.35. The van der Waals surface area contributed by atoms with E-state index in [2.05, 4.69) is 56.7 Å². The number of nitrogens with zero attached hydrogens (tertiary/aromatic N) is 5. The van der Waals surface area contributed by atoms with Crippen molar-refractivity contribution in [3.63, 3.8) is 0 Å². The van der Waals surface area contributed by atoms with E-state index in [-0.39, 0.29) is 12.1 Å². The highest BCUT2D eigenvalue weighted by atomic mass is 32.1. The number of hydrogen-bond donors (Lipinski definition) is 1. The minimum atomic E-state index is 0.00531. The normalized spacial score (nSPS) is 21.1. The zero-order chi connectivity index (χ0) is 23.5. The fourth-order valence-corrected chi connectivity index (χ4v) is 5.44. The lowest BCUT2D eigenvalue weighted by molar-refractivity contribution is 0.0350. The molecule has 34 heavy (non-hydrogen) atoms. The Hall–Kier alpha value is -2.81. The fraction of sp³-hybridized carbons (Fsp3) is 0.423.